The minimum absolute atomic E-state index is 0. The lowest BCUT2D eigenvalue weighted by molar-refractivity contribution is 0.249. The van der Waals surface area contributed by atoms with E-state index in [0.29, 0.717) is 12.5 Å². The summed E-state index contributed by atoms with van der Waals surface area (Å²) < 4.78 is 1.68. The molecule has 2 aromatic carbocycles. The first-order valence-corrected chi connectivity index (χ1v) is 11.6. The maximum atomic E-state index is 13.5. The van der Waals surface area contributed by atoms with Crippen molar-refractivity contribution in [2.45, 2.75) is 40.8 Å². The van der Waals surface area contributed by atoms with Crippen LogP contribution in [0.4, 0.5) is 5.69 Å². The van der Waals surface area contributed by atoms with Gasteiger partial charge in [-0.3, -0.25) is 9.69 Å². The van der Waals surface area contributed by atoms with Gasteiger partial charge in [-0.15, -0.1) is 24.8 Å². The average Bonchev–Trinajstić information content (AvgIpc) is 2.78. The van der Waals surface area contributed by atoms with Gasteiger partial charge in [-0.25, -0.2) is 4.68 Å². The summed E-state index contributed by atoms with van der Waals surface area (Å²) in [5, 5.41) is 4.81. The molecule has 0 unspecified atom stereocenters. The molecule has 1 saturated heterocycles. The van der Waals surface area contributed by atoms with Gasteiger partial charge in [0.1, 0.15) is 5.69 Å². The first-order valence-electron chi connectivity index (χ1n) is 11.6. The average molecular weight is 504 g/mol. The maximum Gasteiger partial charge on any atom is 0.290 e. The van der Waals surface area contributed by atoms with Crippen LogP contribution in [0.2, 0.25) is 0 Å². The van der Waals surface area contributed by atoms with Crippen molar-refractivity contribution in [3.63, 3.8) is 0 Å². The fourth-order valence-electron chi connectivity index (χ4n) is 4.43. The predicted octanol–water partition coefficient (Wildman–Crippen LogP) is 5.35. The lowest BCUT2D eigenvalue weighted by atomic mass is 10.0. The lowest BCUT2D eigenvalue weighted by Gasteiger charge is -2.36. The molecule has 1 aliphatic heterocycles. The lowest BCUT2D eigenvalue weighted by Crippen LogP contribution is -2.48. The molecule has 0 aliphatic carbocycles. The molecule has 34 heavy (non-hydrogen) atoms. The molecule has 0 radical (unpaired) electrons. The number of anilines is 1. The zero-order valence-electron chi connectivity index (χ0n) is 20.5. The van der Waals surface area contributed by atoms with Crippen LogP contribution in [0.1, 0.15) is 30.5 Å². The minimum atomic E-state index is 0. The Labute approximate surface area is 215 Å². The Morgan fingerprint density at radius 1 is 0.882 bits per heavy atom. The smallest absolute Gasteiger partial charge is 0.290 e. The fourth-order valence-corrected chi connectivity index (χ4v) is 4.43. The van der Waals surface area contributed by atoms with Crippen LogP contribution in [0.15, 0.2) is 59.4 Å². The van der Waals surface area contributed by atoms with E-state index in [1.165, 1.54) is 11.1 Å². The van der Waals surface area contributed by atoms with Gasteiger partial charge in [0.05, 0.1) is 5.69 Å². The van der Waals surface area contributed by atoms with Crippen LogP contribution in [0, 0.1) is 19.8 Å². The second kappa shape index (κ2) is 12.4. The van der Waals surface area contributed by atoms with Crippen molar-refractivity contribution in [1.29, 1.82) is 0 Å². The van der Waals surface area contributed by atoms with Gasteiger partial charge in [-0.05, 0) is 25.3 Å². The van der Waals surface area contributed by atoms with Crippen LogP contribution >= 0.6 is 24.8 Å². The van der Waals surface area contributed by atoms with Crippen molar-refractivity contribution in [2.75, 3.05) is 31.1 Å². The third-order valence-electron chi connectivity index (χ3n) is 6.17. The number of aromatic nitrogens is 2. The van der Waals surface area contributed by atoms with E-state index in [1.54, 1.807) is 4.68 Å². The molecule has 2 heterocycles. The molecule has 0 N–H and O–H groups in total. The second-order valence-corrected chi connectivity index (χ2v) is 9.32. The SMILES string of the molecule is Cc1ccc(-c2nn(CC(C)C)c(=O)c(N3CCN(Cc4ccccc4)CC3)c2C)cc1.Cl.Cl. The Morgan fingerprint density at radius 2 is 1.50 bits per heavy atom. The number of nitrogens with zero attached hydrogens (tertiary/aromatic N) is 4. The highest BCUT2D eigenvalue weighted by atomic mass is 35.5. The Hall–Kier alpha value is -2.34. The van der Waals surface area contributed by atoms with Crippen LogP contribution in [0.3, 0.4) is 0 Å². The van der Waals surface area contributed by atoms with Crippen LogP contribution < -0.4 is 10.5 Å². The van der Waals surface area contributed by atoms with Crippen molar-refractivity contribution in [3.8, 4) is 11.3 Å². The molecule has 4 rings (SSSR count). The third-order valence-corrected chi connectivity index (χ3v) is 6.17. The highest BCUT2D eigenvalue weighted by Crippen LogP contribution is 2.27. The molecule has 0 amide bonds. The molecule has 0 saturated carbocycles. The summed E-state index contributed by atoms with van der Waals surface area (Å²) in [4.78, 5) is 18.2. The molecule has 3 aromatic rings. The number of hydrogen-bond acceptors (Lipinski definition) is 4. The summed E-state index contributed by atoms with van der Waals surface area (Å²) >= 11 is 0. The molecule has 5 nitrogen and oxygen atoms in total. The molecule has 0 atom stereocenters. The summed E-state index contributed by atoms with van der Waals surface area (Å²) in [5.74, 6) is 0.351. The van der Waals surface area contributed by atoms with Gasteiger partial charge >= 0.3 is 0 Å². The summed E-state index contributed by atoms with van der Waals surface area (Å²) in [6, 6.07) is 19.0. The van der Waals surface area contributed by atoms with Gasteiger partial charge in [-0.2, -0.15) is 5.10 Å². The predicted molar refractivity (Wildman–Crippen MR) is 147 cm³/mol. The fraction of sp³-hybridized carbons (Fsp3) is 0.407. The molecule has 1 aliphatic rings. The second-order valence-electron chi connectivity index (χ2n) is 9.32. The molecular formula is C27H36Cl2N4O. The number of hydrogen-bond donors (Lipinski definition) is 0. The highest BCUT2D eigenvalue weighted by molar-refractivity contribution is 5.85. The van der Waals surface area contributed by atoms with Crippen molar-refractivity contribution < 1.29 is 0 Å². The van der Waals surface area contributed by atoms with Gasteiger partial charge in [0.25, 0.3) is 5.56 Å². The van der Waals surface area contributed by atoms with E-state index in [-0.39, 0.29) is 30.4 Å². The van der Waals surface area contributed by atoms with E-state index in [0.717, 1.165) is 55.2 Å². The third kappa shape index (κ3) is 6.41. The molecule has 0 bridgehead atoms. The van der Waals surface area contributed by atoms with Crippen LogP contribution in [0.5, 0.6) is 0 Å². The number of piperazine rings is 1. The van der Waals surface area contributed by atoms with Gasteiger partial charge in [0.2, 0.25) is 0 Å². The van der Waals surface area contributed by atoms with Gasteiger partial charge in [-0.1, -0.05) is 74.0 Å². The molecule has 0 spiro atoms. The van der Waals surface area contributed by atoms with Crippen LogP contribution in [-0.4, -0.2) is 40.9 Å². The Bertz CT molecular complexity index is 1110. The summed E-state index contributed by atoms with van der Waals surface area (Å²) in [7, 11) is 0. The maximum absolute atomic E-state index is 13.5. The van der Waals surface area contributed by atoms with Crippen LogP contribution in [-0.2, 0) is 13.1 Å². The quantitative estimate of drug-likeness (QED) is 0.455. The molecule has 1 aromatic heterocycles. The Kier molecular flexibility index (Phi) is 10.2. The summed E-state index contributed by atoms with van der Waals surface area (Å²) in [6.45, 7) is 13.6. The van der Waals surface area contributed by atoms with E-state index >= 15 is 0 Å². The number of benzene rings is 2. The van der Waals surface area contributed by atoms with Gasteiger partial charge in [0.15, 0.2) is 0 Å². The van der Waals surface area contributed by atoms with Crippen molar-refractivity contribution in [1.82, 2.24) is 14.7 Å². The van der Waals surface area contributed by atoms with E-state index < -0.39 is 0 Å². The monoisotopic (exact) mass is 502 g/mol. The van der Waals surface area contributed by atoms with Crippen LogP contribution in [0.25, 0.3) is 11.3 Å². The Balaban J connectivity index is 0.00000204. The van der Waals surface area contributed by atoms with Crippen molar-refractivity contribution >= 4 is 30.5 Å². The first-order chi connectivity index (χ1) is 15.4. The number of halogens is 2. The van der Waals surface area contributed by atoms with E-state index in [9.17, 15) is 4.79 Å². The van der Waals surface area contributed by atoms with E-state index in [4.69, 9.17) is 5.10 Å². The molecule has 7 heteroatoms. The topological polar surface area (TPSA) is 41.4 Å². The zero-order valence-corrected chi connectivity index (χ0v) is 22.2. The van der Waals surface area contributed by atoms with E-state index in [2.05, 4.69) is 92.1 Å². The summed E-state index contributed by atoms with van der Waals surface area (Å²) in [6.07, 6.45) is 0. The summed E-state index contributed by atoms with van der Waals surface area (Å²) in [5.41, 5.74) is 6.36. The van der Waals surface area contributed by atoms with Gasteiger partial charge < -0.3 is 4.90 Å². The molecule has 184 valence electrons. The first kappa shape index (κ1) is 27.9. The number of rotatable bonds is 6. The largest absolute Gasteiger partial charge is 0.364 e. The standard InChI is InChI=1S/C27H34N4O.2ClH/c1-20(2)18-31-27(32)26(22(4)25(28-31)24-12-10-21(3)11-13-24)30-16-14-29(15-17-30)19-23-8-6-5-7-9-23;;/h5-13,20H,14-19H2,1-4H3;2*1H. The van der Waals surface area contributed by atoms with E-state index in [1.807, 2.05) is 0 Å². The van der Waals surface area contributed by atoms with Crippen molar-refractivity contribution in [2.24, 2.45) is 5.92 Å². The normalized spacial score (nSPS) is 14.0. The highest BCUT2D eigenvalue weighted by Gasteiger charge is 2.24. The Morgan fingerprint density at radius 3 is 2.09 bits per heavy atom. The minimum Gasteiger partial charge on any atom is -0.364 e. The molecule has 1 fully saturated rings. The van der Waals surface area contributed by atoms with Crippen molar-refractivity contribution in [3.05, 3.63) is 81.6 Å². The van der Waals surface area contributed by atoms with Gasteiger partial charge in [0, 0.05) is 50.4 Å². The molecular weight excluding hydrogens is 467 g/mol. The number of aryl methyl sites for hydroxylation is 1. The zero-order chi connectivity index (χ0) is 22.7.